The first kappa shape index (κ1) is 14.7. The summed E-state index contributed by atoms with van der Waals surface area (Å²) < 4.78 is 10.2. The average Bonchev–Trinajstić information content (AvgIpc) is 2.92. The van der Waals surface area contributed by atoms with Crippen LogP contribution in [0.2, 0.25) is 0 Å². The number of benzene rings is 1. The zero-order chi connectivity index (χ0) is 16.0. The predicted octanol–water partition coefficient (Wildman–Crippen LogP) is -0.168. The van der Waals surface area contributed by atoms with Gasteiger partial charge < -0.3 is 39.8 Å². The molecule has 4 unspecified atom stereocenters. The third-order valence-electron chi connectivity index (χ3n) is 3.43. The van der Waals surface area contributed by atoms with Crippen molar-refractivity contribution in [1.82, 2.24) is 0 Å². The van der Waals surface area contributed by atoms with E-state index in [1.165, 1.54) is 18.2 Å². The van der Waals surface area contributed by atoms with Gasteiger partial charge in [0.15, 0.2) is 17.4 Å². The van der Waals surface area contributed by atoms with E-state index in [2.05, 4.69) is 0 Å². The van der Waals surface area contributed by atoms with Crippen LogP contribution in [-0.2, 0) is 4.74 Å². The Balaban J connectivity index is 1.97. The van der Waals surface area contributed by atoms with Gasteiger partial charge in [0.1, 0.15) is 23.7 Å². The number of aliphatic hydroxyl groups excluding tert-OH is 4. The van der Waals surface area contributed by atoms with E-state index < -0.39 is 30.4 Å². The standard InChI is InChI=1S/C14H14O8/c15-6-2-1-5-3-8(21-13(5)10(6)17)12(19)9-4-7(16)11(18)14(20)22-9/h1-4,7,11-12,14-20H. The minimum Gasteiger partial charge on any atom is -0.504 e. The number of phenols is 2. The third kappa shape index (κ3) is 2.28. The average molecular weight is 310 g/mol. The van der Waals surface area contributed by atoms with E-state index in [-0.39, 0.29) is 22.9 Å². The number of hydrogen-bond acceptors (Lipinski definition) is 8. The second kappa shape index (κ2) is 5.18. The Bertz CT molecular complexity index is 734. The first-order valence-corrected chi connectivity index (χ1v) is 6.43. The molecule has 8 nitrogen and oxygen atoms in total. The minimum atomic E-state index is -1.69. The van der Waals surface area contributed by atoms with Crippen LogP contribution < -0.4 is 0 Å². The topological polar surface area (TPSA) is 144 Å². The van der Waals surface area contributed by atoms with Crippen LogP contribution in [0.1, 0.15) is 11.9 Å². The van der Waals surface area contributed by atoms with Crippen LogP contribution in [0.5, 0.6) is 11.5 Å². The fraction of sp³-hybridized carbons (Fsp3) is 0.286. The number of phenolic OH excluding ortho intramolecular Hbond substituents is 2. The molecule has 22 heavy (non-hydrogen) atoms. The van der Waals surface area contributed by atoms with Crippen LogP contribution in [0.3, 0.4) is 0 Å². The maximum Gasteiger partial charge on any atom is 0.226 e. The molecule has 4 atom stereocenters. The summed E-state index contributed by atoms with van der Waals surface area (Å²) in [5.74, 6) is -1.07. The zero-order valence-electron chi connectivity index (χ0n) is 11.1. The molecule has 118 valence electrons. The molecule has 0 spiro atoms. The van der Waals surface area contributed by atoms with Gasteiger partial charge in [0.25, 0.3) is 0 Å². The highest BCUT2D eigenvalue weighted by Crippen LogP contribution is 2.38. The lowest BCUT2D eigenvalue weighted by molar-refractivity contribution is -0.183. The fourth-order valence-corrected chi connectivity index (χ4v) is 2.21. The molecule has 2 heterocycles. The number of aromatic hydroxyl groups is 2. The molecule has 1 aliphatic rings. The molecule has 3 rings (SSSR count). The summed E-state index contributed by atoms with van der Waals surface area (Å²) in [7, 11) is 0. The fourth-order valence-electron chi connectivity index (χ4n) is 2.21. The predicted molar refractivity (Wildman–Crippen MR) is 71.7 cm³/mol. The summed E-state index contributed by atoms with van der Waals surface area (Å²) in [4.78, 5) is 0. The summed E-state index contributed by atoms with van der Waals surface area (Å²) >= 11 is 0. The van der Waals surface area contributed by atoms with Gasteiger partial charge in [-0.3, -0.25) is 0 Å². The second-order valence-corrected chi connectivity index (χ2v) is 4.96. The Hall–Kier alpha value is -2.26. The molecule has 0 fully saturated rings. The van der Waals surface area contributed by atoms with E-state index in [1.807, 2.05) is 0 Å². The molecule has 0 saturated carbocycles. The molecule has 6 N–H and O–H groups in total. The van der Waals surface area contributed by atoms with Crippen molar-refractivity contribution in [2.24, 2.45) is 0 Å². The molecule has 1 aromatic heterocycles. The SMILES string of the molecule is Oc1ccc2cc(C(O)C3=CC(O)C(O)C(O)O3)oc2c1O. The largest absolute Gasteiger partial charge is 0.504 e. The maximum atomic E-state index is 10.2. The lowest BCUT2D eigenvalue weighted by Crippen LogP contribution is -2.42. The summed E-state index contributed by atoms with van der Waals surface area (Å²) in [6.07, 6.45) is -5.04. The van der Waals surface area contributed by atoms with Gasteiger partial charge in [-0.1, -0.05) is 0 Å². The lowest BCUT2D eigenvalue weighted by Gasteiger charge is -2.29. The Labute approximate surface area is 123 Å². The molecule has 1 aliphatic heterocycles. The smallest absolute Gasteiger partial charge is 0.226 e. The van der Waals surface area contributed by atoms with Gasteiger partial charge in [-0.25, -0.2) is 0 Å². The molecular formula is C14H14O8. The summed E-state index contributed by atoms with van der Waals surface area (Å²) in [6.45, 7) is 0. The van der Waals surface area contributed by atoms with Gasteiger partial charge >= 0.3 is 0 Å². The number of ether oxygens (including phenoxy) is 1. The number of furan rings is 1. The van der Waals surface area contributed by atoms with E-state index >= 15 is 0 Å². The molecule has 0 amide bonds. The summed E-state index contributed by atoms with van der Waals surface area (Å²) in [5.41, 5.74) is -0.0217. The van der Waals surface area contributed by atoms with Crippen LogP contribution in [0.4, 0.5) is 0 Å². The third-order valence-corrected chi connectivity index (χ3v) is 3.43. The molecule has 0 radical (unpaired) electrons. The van der Waals surface area contributed by atoms with Crippen molar-refractivity contribution in [3.63, 3.8) is 0 Å². The van der Waals surface area contributed by atoms with Crippen molar-refractivity contribution in [1.29, 1.82) is 0 Å². The second-order valence-electron chi connectivity index (χ2n) is 4.96. The number of rotatable bonds is 2. The minimum absolute atomic E-state index is 0.0217. The van der Waals surface area contributed by atoms with Crippen LogP contribution in [0.15, 0.2) is 34.5 Å². The summed E-state index contributed by atoms with van der Waals surface area (Å²) in [5, 5.41) is 58.1. The van der Waals surface area contributed by atoms with Crippen LogP contribution in [-0.4, -0.2) is 49.1 Å². The van der Waals surface area contributed by atoms with E-state index in [1.54, 1.807) is 0 Å². The number of aliphatic hydroxyl groups is 4. The Morgan fingerprint density at radius 2 is 1.82 bits per heavy atom. The zero-order valence-corrected chi connectivity index (χ0v) is 11.1. The normalized spacial score (nSPS) is 26.5. The maximum absolute atomic E-state index is 10.2. The van der Waals surface area contributed by atoms with Crippen molar-refractivity contribution in [2.75, 3.05) is 0 Å². The van der Waals surface area contributed by atoms with Crippen molar-refractivity contribution in [3.8, 4) is 11.5 Å². The van der Waals surface area contributed by atoms with Crippen molar-refractivity contribution < 1.29 is 39.8 Å². The van der Waals surface area contributed by atoms with Crippen molar-refractivity contribution in [2.45, 2.75) is 24.6 Å². The van der Waals surface area contributed by atoms with Crippen molar-refractivity contribution >= 4 is 11.0 Å². The van der Waals surface area contributed by atoms with E-state index in [4.69, 9.17) is 9.15 Å². The first-order chi connectivity index (χ1) is 10.4. The highest BCUT2D eigenvalue weighted by Gasteiger charge is 2.34. The Kier molecular flexibility index (Phi) is 3.45. The monoisotopic (exact) mass is 310 g/mol. The van der Waals surface area contributed by atoms with Gasteiger partial charge in [0.2, 0.25) is 12.0 Å². The van der Waals surface area contributed by atoms with Gasteiger partial charge in [-0.05, 0) is 24.3 Å². The van der Waals surface area contributed by atoms with E-state index in [0.29, 0.717) is 5.39 Å². The van der Waals surface area contributed by atoms with Crippen LogP contribution in [0.25, 0.3) is 11.0 Å². The lowest BCUT2D eigenvalue weighted by atomic mass is 10.1. The molecule has 0 saturated heterocycles. The molecule has 8 heteroatoms. The quantitative estimate of drug-likeness (QED) is 0.420. The molecule has 1 aromatic carbocycles. The molecular weight excluding hydrogens is 296 g/mol. The Morgan fingerprint density at radius 3 is 2.50 bits per heavy atom. The first-order valence-electron chi connectivity index (χ1n) is 6.43. The Morgan fingerprint density at radius 1 is 1.09 bits per heavy atom. The van der Waals surface area contributed by atoms with Crippen LogP contribution >= 0.6 is 0 Å². The highest BCUT2D eigenvalue weighted by molar-refractivity contribution is 5.86. The van der Waals surface area contributed by atoms with E-state index in [9.17, 15) is 30.6 Å². The van der Waals surface area contributed by atoms with Gasteiger partial charge in [0, 0.05) is 5.39 Å². The van der Waals surface area contributed by atoms with Crippen molar-refractivity contribution in [3.05, 3.63) is 35.8 Å². The van der Waals surface area contributed by atoms with Gasteiger partial charge in [0.05, 0.1) is 0 Å². The highest BCUT2D eigenvalue weighted by atomic mass is 16.6. The molecule has 0 aliphatic carbocycles. The van der Waals surface area contributed by atoms with Crippen LogP contribution in [0, 0.1) is 0 Å². The number of hydrogen-bond donors (Lipinski definition) is 6. The molecule has 0 bridgehead atoms. The molecule has 2 aromatic rings. The van der Waals surface area contributed by atoms with Gasteiger partial charge in [-0.15, -0.1) is 0 Å². The number of fused-ring (bicyclic) bond motifs is 1. The van der Waals surface area contributed by atoms with Gasteiger partial charge in [-0.2, -0.15) is 0 Å². The van der Waals surface area contributed by atoms with E-state index in [0.717, 1.165) is 6.08 Å². The summed E-state index contributed by atoms with van der Waals surface area (Å²) in [6, 6.07) is 4.16.